The van der Waals surface area contributed by atoms with E-state index in [9.17, 15) is 18.0 Å². The van der Waals surface area contributed by atoms with Crippen LogP contribution in [0, 0.1) is 5.41 Å². The molecule has 8 heteroatoms. The molecule has 1 saturated heterocycles. The minimum atomic E-state index is -3.63. The van der Waals surface area contributed by atoms with Crippen LogP contribution in [0.4, 0.5) is 0 Å². The number of carbonyl (C=O) groups excluding carboxylic acids is 2. The summed E-state index contributed by atoms with van der Waals surface area (Å²) in [5.74, 6) is -0.574. The SMILES string of the molecule is CCCS(=O)(=O)NC(=O)C1(C)CCN(C(=O)C2(c3ccc(Cl)cc3)CCCC2)C1. The fraction of sp³-hybridized carbons (Fsp3) is 0.619. The summed E-state index contributed by atoms with van der Waals surface area (Å²) < 4.78 is 26.2. The summed E-state index contributed by atoms with van der Waals surface area (Å²) in [6.07, 6.45) is 4.40. The van der Waals surface area contributed by atoms with Crippen molar-refractivity contribution in [2.24, 2.45) is 5.41 Å². The minimum Gasteiger partial charge on any atom is -0.341 e. The van der Waals surface area contributed by atoms with Crippen LogP contribution >= 0.6 is 11.6 Å². The highest BCUT2D eigenvalue weighted by Crippen LogP contribution is 2.44. The Morgan fingerprint density at radius 2 is 1.76 bits per heavy atom. The topological polar surface area (TPSA) is 83.6 Å². The molecule has 1 aromatic carbocycles. The van der Waals surface area contributed by atoms with Crippen LogP contribution in [0.2, 0.25) is 5.02 Å². The number of benzene rings is 1. The Hall–Kier alpha value is -1.60. The van der Waals surface area contributed by atoms with Crippen LogP contribution in [0.5, 0.6) is 0 Å². The van der Waals surface area contributed by atoms with Crippen LogP contribution in [0.3, 0.4) is 0 Å². The molecule has 0 spiro atoms. The molecule has 6 nitrogen and oxygen atoms in total. The molecule has 3 rings (SSSR count). The molecule has 1 aliphatic carbocycles. The Morgan fingerprint density at radius 3 is 2.34 bits per heavy atom. The standard InChI is InChI=1S/C21H29ClN2O4S/c1-3-14-29(27,28)23-18(25)20(2)12-13-24(15-20)19(26)21(10-4-5-11-21)16-6-8-17(22)9-7-16/h6-9H,3-5,10-15H2,1-2H3,(H,23,25). The fourth-order valence-electron chi connectivity index (χ4n) is 4.58. The lowest BCUT2D eigenvalue weighted by molar-refractivity contribution is -0.137. The highest BCUT2D eigenvalue weighted by molar-refractivity contribution is 7.90. The summed E-state index contributed by atoms with van der Waals surface area (Å²) in [5, 5.41) is 0.632. The molecule has 2 amide bonds. The van der Waals surface area contributed by atoms with Crippen molar-refractivity contribution < 1.29 is 18.0 Å². The molecule has 160 valence electrons. The first-order valence-corrected chi connectivity index (χ1v) is 12.3. The molecule has 29 heavy (non-hydrogen) atoms. The predicted molar refractivity (Wildman–Crippen MR) is 113 cm³/mol. The average Bonchev–Trinajstić information content (AvgIpc) is 3.30. The van der Waals surface area contributed by atoms with Gasteiger partial charge in [0.15, 0.2) is 0 Å². The monoisotopic (exact) mass is 440 g/mol. The number of nitrogens with zero attached hydrogens (tertiary/aromatic N) is 1. The third-order valence-corrected chi connectivity index (χ3v) is 7.99. The number of halogens is 1. The zero-order valence-electron chi connectivity index (χ0n) is 17.0. The van der Waals surface area contributed by atoms with Crippen molar-refractivity contribution in [1.82, 2.24) is 9.62 Å². The Labute approximate surface area is 178 Å². The van der Waals surface area contributed by atoms with Crippen molar-refractivity contribution in [1.29, 1.82) is 0 Å². The number of likely N-dealkylation sites (tertiary alicyclic amines) is 1. The predicted octanol–water partition coefficient (Wildman–Crippen LogP) is 3.25. The normalized spacial score (nSPS) is 23.9. The summed E-state index contributed by atoms with van der Waals surface area (Å²) >= 11 is 6.03. The highest BCUT2D eigenvalue weighted by atomic mass is 35.5. The minimum absolute atomic E-state index is 0.0327. The molecule has 0 radical (unpaired) electrons. The number of nitrogens with one attached hydrogen (secondary N) is 1. The Bertz CT molecular complexity index is 878. The second kappa shape index (κ2) is 8.26. The molecule has 1 N–H and O–H groups in total. The maximum Gasteiger partial charge on any atom is 0.241 e. The van der Waals surface area contributed by atoms with E-state index < -0.39 is 26.8 Å². The number of sulfonamides is 1. The largest absolute Gasteiger partial charge is 0.341 e. The summed E-state index contributed by atoms with van der Waals surface area (Å²) in [4.78, 5) is 28.0. The van der Waals surface area contributed by atoms with E-state index in [2.05, 4.69) is 4.72 Å². The smallest absolute Gasteiger partial charge is 0.241 e. The maximum atomic E-state index is 13.6. The van der Waals surface area contributed by atoms with Gasteiger partial charge in [0.05, 0.1) is 16.6 Å². The van der Waals surface area contributed by atoms with Crippen LogP contribution in [0.25, 0.3) is 0 Å². The zero-order chi connectivity index (χ0) is 21.3. The molecule has 1 atom stereocenters. The molecule has 0 aromatic heterocycles. The van der Waals surface area contributed by atoms with E-state index in [0.29, 0.717) is 24.4 Å². The second-order valence-electron chi connectivity index (χ2n) is 8.58. The van der Waals surface area contributed by atoms with Gasteiger partial charge < -0.3 is 4.90 Å². The van der Waals surface area contributed by atoms with Crippen molar-refractivity contribution in [3.63, 3.8) is 0 Å². The third kappa shape index (κ3) is 4.45. The van der Waals surface area contributed by atoms with Crippen molar-refractivity contribution in [2.75, 3.05) is 18.8 Å². The van der Waals surface area contributed by atoms with Gasteiger partial charge in [-0.15, -0.1) is 0 Å². The number of hydrogen-bond acceptors (Lipinski definition) is 4. The van der Waals surface area contributed by atoms with Gasteiger partial charge in [-0.1, -0.05) is 43.5 Å². The van der Waals surface area contributed by atoms with E-state index in [0.717, 1.165) is 31.2 Å². The van der Waals surface area contributed by atoms with E-state index in [1.54, 1.807) is 18.7 Å². The first-order valence-electron chi connectivity index (χ1n) is 10.2. The van der Waals surface area contributed by atoms with E-state index in [4.69, 9.17) is 11.6 Å². The van der Waals surface area contributed by atoms with Gasteiger partial charge in [0.25, 0.3) is 0 Å². The van der Waals surface area contributed by atoms with E-state index in [-0.39, 0.29) is 18.2 Å². The van der Waals surface area contributed by atoms with Crippen LogP contribution in [-0.4, -0.2) is 44.0 Å². The van der Waals surface area contributed by atoms with Gasteiger partial charge in [-0.3, -0.25) is 14.3 Å². The molecule has 0 bridgehead atoms. The van der Waals surface area contributed by atoms with Crippen molar-refractivity contribution >= 4 is 33.4 Å². The molecule has 1 heterocycles. The Balaban J connectivity index is 1.78. The Morgan fingerprint density at radius 1 is 1.14 bits per heavy atom. The molecular formula is C21H29ClN2O4S. The Kier molecular flexibility index (Phi) is 6.30. The number of carbonyl (C=O) groups is 2. The summed E-state index contributed by atoms with van der Waals surface area (Å²) in [6.45, 7) is 4.17. The quantitative estimate of drug-likeness (QED) is 0.735. The second-order valence-corrected chi connectivity index (χ2v) is 10.9. The first-order chi connectivity index (χ1) is 13.6. The van der Waals surface area contributed by atoms with E-state index in [1.807, 2.05) is 24.3 Å². The van der Waals surface area contributed by atoms with Crippen LogP contribution in [0.1, 0.15) is 57.9 Å². The molecule has 2 aliphatic rings. The zero-order valence-corrected chi connectivity index (χ0v) is 18.6. The average molecular weight is 441 g/mol. The molecule has 2 fully saturated rings. The highest BCUT2D eigenvalue weighted by Gasteiger charge is 2.50. The molecule has 1 aliphatic heterocycles. The van der Waals surface area contributed by atoms with Crippen molar-refractivity contribution in [3.8, 4) is 0 Å². The van der Waals surface area contributed by atoms with Crippen molar-refractivity contribution in [2.45, 2.75) is 57.8 Å². The summed E-state index contributed by atoms with van der Waals surface area (Å²) in [7, 11) is -3.63. The van der Waals surface area contributed by atoms with Gasteiger partial charge in [-0.25, -0.2) is 8.42 Å². The lowest BCUT2D eigenvalue weighted by Gasteiger charge is -2.33. The van der Waals surface area contributed by atoms with Gasteiger partial charge in [-0.2, -0.15) is 0 Å². The molecule has 1 unspecified atom stereocenters. The summed E-state index contributed by atoms with van der Waals surface area (Å²) in [5.41, 5.74) is -0.524. The van der Waals surface area contributed by atoms with E-state index >= 15 is 0 Å². The van der Waals surface area contributed by atoms with Gasteiger partial charge in [0, 0.05) is 18.1 Å². The van der Waals surface area contributed by atoms with Crippen molar-refractivity contribution in [3.05, 3.63) is 34.9 Å². The first kappa shape index (κ1) is 22.1. The number of rotatable bonds is 6. The fourth-order valence-corrected chi connectivity index (χ4v) is 5.87. The van der Waals surface area contributed by atoms with Gasteiger partial charge >= 0.3 is 0 Å². The van der Waals surface area contributed by atoms with Crippen LogP contribution in [-0.2, 0) is 25.0 Å². The maximum absolute atomic E-state index is 13.6. The molecule has 1 aromatic rings. The molecule has 1 saturated carbocycles. The summed E-state index contributed by atoms with van der Waals surface area (Å²) in [6, 6.07) is 7.46. The van der Waals surface area contributed by atoms with Gasteiger partial charge in [0.1, 0.15) is 0 Å². The lowest BCUT2D eigenvalue weighted by atomic mass is 9.77. The number of amides is 2. The van der Waals surface area contributed by atoms with Gasteiger partial charge in [0.2, 0.25) is 21.8 Å². The van der Waals surface area contributed by atoms with Crippen LogP contribution < -0.4 is 4.72 Å². The number of hydrogen-bond donors (Lipinski definition) is 1. The van der Waals surface area contributed by atoms with E-state index in [1.165, 1.54) is 0 Å². The lowest BCUT2D eigenvalue weighted by Crippen LogP contribution is -2.48. The van der Waals surface area contributed by atoms with Gasteiger partial charge in [-0.05, 0) is 50.3 Å². The van der Waals surface area contributed by atoms with Crippen LogP contribution in [0.15, 0.2) is 24.3 Å². The molecular weight excluding hydrogens is 412 g/mol. The third-order valence-electron chi connectivity index (χ3n) is 6.29.